The number of aromatic nitrogens is 1. The lowest BCUT2D eigenvalue weighted by molar-refractivity contribution is -0.116. The van der Waals surface area contributed by atoms with Crippen LogP contribution in [-0.2, 0) is 11.2 Å². The topological polar surface area (TPSA) is 66.2 Å². The average molecular weight is 389 g/mol. The second-order valence-corrected chi connectivity index (χ2v) is 7.71. The SMILES string of the molecule is COc1ccc2cc(C#N)c(SCC(=O)N3c4ccccc4C[C@H]3C)nc2c1. The molecule has 0 unspecified atom stereocenters. The van der Waals surface area contributed by atoms with Crippen LogP contribution in [0.15, 0.2) is 53.6 Å². The molecule has 1 atom stereocenters. The first-order valence-electron chi connectivity index (χ1n) is 9.02. The summed E-state index contributed by atoms with van der Waals surface area (Å²) in [5.41, 5.74) is 3.40. The van der Waals surface area contributed by atoms with E-state index in [1.165, 1.54) is 17.3 Å². The summed E-state index contributed by atoms with van der Waals surface area (Å²) in [6.07, 6.45) is 0.865. The Kier molecular flexibility index (Phi) is 4.93. The van der Waals surface area contributed by atoms with Crippen molar-refractivity contribution in [1.29, 1.82) is 5.26 Å². The van der Waals surface area contributed by atoms with Gasteiger partial charge in [-0.25, -0.2) is 4.98 Å². The number of thioether (sulfide) groups is 1. The van der Waals surface area contributed by atoms with Crippen molar-refractivity contribution in [2.24, 2.45) is 0 Å². The van der Waals surface area contributed by atoms with Gasteiger partial charge in [-0.05, 0) is 43.2 Å². The van der Waals surface area contributed by atoms with Crippen LogP contribution in [-0.4, -0.2) is 29.8 Å². The molecular formula is C22H19N3O2S. The number of para-hydroxylation sites is 1. The molecule has 0 radical (unpaired) electrons. The van der Waals surface area contributed by atoms with Gasteiger partial charge in [0.2, 0.25) is 5.91 Å². The van der Waals surface area contributed by atoms with E-state index in [1.807, 2.05) is 47.4 Å². The zero-order valence-electron chi connectivity index (χ0n) is 15.7. The van der Waals surface area contributed by atoms with Gasteiger partial charge in [-0.3, -0.25) is 4.79 Å². The molecule has 0 bridgehead atoms. The van der Waals surface area contributed by atoms with Crippen LogP contribution in [0.3, 0.4) is 0 Å². The molecule has 2 heterocycles. The number of hydrogen-bond acceptors (Lipinski definition) is 5. The van der Waals surface area contributed by atoms with Crippen molar-refractivity contribution >= 4 is 34.3 Å². The van der Waals surface area contributed by atoms with Gasteiger partial charge in [0.15, 0.2) is 0 Å². The van der Waals surface area contributed by atoms with Crippen LogP contribution in [0.25, 0.3) is 10.9 Å². The third kappa shape index (κ3) is 3.30. The number of nitrogens with zero attached hydrogens (tertiary/aromatic N) is 3. The number of pyridine rings is 1. The van der Waals surface area contributed by atoms with Crippen LogP contribution in [0, 0.1) is 11.3 Å². The third-order valence-electron chi connectivity index (χ3n) is 4.92. The maximum Gasteiger partial charge on any atom is 0.237 e. The molecular weight excluding hydrogens is 370 g/mol. The summed E-state index contributed by atoms with van der Waals surface area (Å²) >= 11 is 1.31. The lowest BCUT2D eigenvalue weighted by atomic mass is 10.1. The van der Waals surface area contributed by atoms with Crippen molar-refractivity contribution in [2.75, 3.05) is 17.8 Å². The van der Waals surface area contributed by atoms with Crippen LogP contribution in [0.5, 0.6) is 5.75 Å². The Balaban J connectivity index is 1.58. The molecule has 28 heavy (non-hydrogen) atoms. The maximum atomic E-state index is 12.9. The Morgan fingerprint density at radius 1 is 1.32 bits per heavy atom. The zero-order valence-corrected chi connectivity index (χ0v) is 16.5. The fraction of sp³-hybridized carbons (Fsp3) is 0.227. The number of ether oxygens (including phenoxy) is 1. The van der Waals surface area contributed by atoms with Crippen LogP contribution < -0.4 is 9.64 Å². The molecule has 1 aliphatic heterocycles. The number of carbonyl (C=O) groups excluding carboxylic acids is 1. The summed E-state index contributed by atoms with van der Waals surface area (Å²) in [4.78, 5) is 19.4. The van der Waals surface area contributed by atoms with E-state index >= 15 is 0 Å². The van der Waals surface area contributed by atoms with E-state index in [2.05, 4.69) is 24.0 Å². The molecule has 0 spiro atoms. The first kappa shape index (κ1) is 18.3. The van der Waals surface area contributed by atoms with Gasteiger partial charge in [0.05, 0.1) is 23.9 Å². The van der Waals surface area contributed by atoms with Crippen molar-refractivity contribution in [2.45, 2.75) is 24.4 Å². The standard InChI is InChI=1S/C22H19N3O2S/c1-14-9-16-5-3-4-6-20(16)25(14)21(26)13-28-22-17(12-23)10-15-7-8-18(27-2)11-19(15)24-22/h3-8,10-11,14H,9,13H2,1-2H3/t14-/m1/s1. The van der Waals surface area contributed by atoms with E-state index < -0.39 is 0 Å². The molecule has 2 aromatic carbocycles. The molecule has 1 aliphatic rings. The van der Waals surface area contributed by atoms with Gasteiger partial charge in [-0.1, -0.05) is 30.0 Å². The lowest BCUT2D eigenvalue weighted by Gasteiger charge is -2.22. The van der Waals surface area contributed by atoms with Crippen LogP contribution >= 0.6 is 11.8 Å². The summed E-state index contributed by atoms with van der Waals surface area (Å²) in [6, 6.07) is 17.7. The predicted octanol–water partition coefficient (Wildman–Crippen LogP) is 4.18. The summed E-state index contributed by atoms with van der Waals surface area (Å²) in [6.45, 7) is 2.06. The fourth-order valence-electron chi connectivity index (χ4n) is 3.59. The minimum Gasteiger partial charge on any atom is -0.497 e. The number of methoxy groups -OCH3 is 1. The van der Waals surface area contributed by atoms with Crippen LogP contribution in [0.2, 0.25) is 0 Å². The van der Waals surface area contributed by atoms with Gasteiger partial charge in [-0.2, -0.15) is 5.26 Å². The Hall–Kier alpha value is -3.04. The summed E-state index contributed by atoms with van der Waals surface area (Å²) < 4.78 is 5.26. The molecule has 0 N–H and O–H groups in total. The summed E-state index contributed by atoms with van der Waals surface area (Å²) in [5, 5.41) is 10.9. The van der Waals surface area contributed by atoms with Crippen molar-refractivity contribution in [3.05, 3.63) is 59.7 Å². The van der Waals surface area contributed by atoms with Gasteiger partial charge in [0, 0.05) is 23.2 Å². The highest BCUT2D eigenvalue weighted by molar-refractivity contribution is 8.00. The predicted molar refractivity (Wildman–Crippen MR) is 111 cm³/mol. The highest BCUT2D eigenvalue weighted by Gasteiger charge is 2.30. The van der Waals surface area contributed by atoms with Gasteiger partial charge < -0.3 is 9.64 Å². The van der Waals surface area contributed by atoms with Crippen molar-refractivity contribution in [1.82, 2.24) is 4.98 Å². The van der Waals surface area contributed by atoms with Gasteiger partial charge >= 0.3 is 0 Å². The number of anilines is 1. The Labute approximate surface area is 167 Å². The highest BCUT2D eigenvalue weighted by Crippen LogP contribution is 2.33. The fourth-order valence-corrected chi connectivity index (χ4v) is 4.41. The number of carbonyl (C=O) groups is 1. The molecule has 0 saturated carbocycles. The number of rotatable bonds is 4. The van der Waals surface area contributed by atoms with Crippen LogP contribution in [0.1, 0.15) is 18.1 Å². The van der Waals surface area contributed by atoms with Crippen molar-refractivity contribution in [3.63, 3.8) is 0 Å². The molecule has 3 aromatic rings. The molecule has 4 rings (SSSR count). The number of amides is 1. The van der Waals surface area contributed by atoms with Crippen molar-refractivity contribution < 1.29 is 9.53 Å². The number of hydrogen-bond donors (Lipinski definition) is 0. The number of fused-ring (bicyclic) bond motifs is 2. The smallest absolute Gasteiger partial charge is 0.237 e. The van der Waals surface area contributed by atoms with Crippen molar-refractivity contribution in [3.8, 4) is 11.8 Å². The van der Waals surface area contributed by atoms with E-state index in [1.54, 1.807) is 7.11 Å². The quantitative estimate of drug-likeness (QED) is 0.626. The lowest BCUT2D eigenvalue weighted by Crippen LogP contribution is -2.37. The van der Waals surface area contributed by atoms with E-state index in [0.717, 1.165) is 23.0 Å². The molecule has 0 saturated heterocycles. The second-order valence-electron chi connectivity index (χ2n) is 6.75. The highest BCUT2D eigenvalue weighted by atomic mass is 32.2. The minimum absolute atomic E-state index is 0.0267. The molecule has 0 fully saturated rings. The monoisotopic (exact) mass is 389 g/mol. The van der Waals surface area contributed by atoms with E-state index in [4.69, 9.17) is 4.74 Å². The Morgan fingerprint density at radius 2 is 2.14 bits per heavy atom. The third-order valence-corrected chi connectivity index (χ3v) is 5.89. The van der Waals surface area contributed by atoms with Gasteiger partial charge in [0.1, 0.15) is 16.8 Å². The molecule has 6 heteroatoms. The molecule has 1 aromatic heterocycles. The number of nitriles is 1. The van der Waals surface area contributed by atoms with Gasteiger partial charge in [0.25, 0.3) is 0 Å². The molecule has 140 valence electrons. The van der Waals surface area contributed by atoms with E-state index in [0.29, 0.717) is 16.3 Å². The van der Waals surface area contributed by atoms with E-state index in [-0.39, 0.29) is 17.7 Å². The summed E-state index contributed by atoms with van der Waals surface area (Å²) in [5.74, 6) is 0.966. The normalized spacial score (nSPS) is 15.3. The number of benzene rings is 2. The largest absolute Gasteiger partial charge is 0.497 e. The molecule has 5 nitrogen and oxygen atoms in total. The Morgan fingerprint density at radius 3 is 2.93 bits per heavy atom. The van der Waals surface area contributed by atoms with Gasteiger partial charge in [-0.15, -0.1) is 0 Å². The first-order valence-corrected chi connectivity index (χ1v) is 10.0. The minimum atomic E-state index is 0.0267. The Bertz CT molecular complexity index is 1110. The van der Waals surface area contributed by atoms with E-state index in [9.17, 15) is 10.1 Å². The first-order chi connectivity index (χ1) is 13.6. The van der Waals surface area contributed by atoms with Crippen LogP contribution in [0.4, 0.5) is 5.69 Å². The second kappa shape index (κ2) is 7.53. The summed E-state index contributed by atoms with van der Waals surface area (Å²) in [7, 11) is 1.61. The average Bonchev–Trinajstić information content (AvgIpc) is 3.06. The maximum absolute atomic E-state index is 12.9. The molecule has 0 aliphatic carbocycles. The zero-order chi connectivity index (χ0) is 19.7. The molecule has 1 amide bonds.